The summed E-state index contributed by atoms with van der Waals surface area (Å²) in [7, 11) is 0. The predicted octanol–water partition coefficient (Wildman–Crippen LogP) is 2.99. The Hall–Kier alpha value is -3.02. The highest BCUT2D eigenvalue weighted by molar-refractivity contribution is 6.15. The Kier molecular flexibility index (Phi) is 5.11. The average molecular weight is 355 g/mol. The minimum atomic E-state index is -0.918. The molecule has 1 N–H and O–H groups in total. The molecule has 3 rings (SSSR count). The van der Waals surface area contributed by atoms with Gasteiger partial charge in [-0.05, 0) is 43.2 Å². The summed E-state index contributed by atoms with van der Waals surface area (Å²) in [5, 5.41) is 9.20. The molecule has 5 nitrogen and oxygen atoms in total. The first-order chi connectivity index (χ1) is 12.5. The van der Waals surface area contributed by atoms with Crippen LogP contribution in [0.2, 0.25) is 0 Å². The molecule has 0 radical (unpaired) electrons. The minimum absolute atomic E-state index is 0.132. The van der Waals surface area contributed by atoms with E-state index in [9.17, 15) is 23.9 Å². The number of halogens is 1. The summed E-state index contributed by atoms with van der Waals surface area (Å²) < 4.78 is 13.1. The van der Waals surface area contributed by atoms with Crippen molar-refractivity contribution in [2.24, 2.45) is 5.92 Å². The molecule has 0 unspecified atom stereocenters. The zero-order valence-electron chi connectivity index (χ0n) is 14.0. The highest BCUT2D eigenvalue weighted by atomic mass is 19.1. The number of carboxylic acid groups (broad SMARTS) is 1. The van der Waals surface area contributed by atoms with Crippen LogP contribution >= 0.6 is 0 Å². The fourth-order valence-corrected chi connectivity index (χ4v) is 3.16. The molecule has 134 valence electrons. The van der Waals surface area contributed by atoms with E-state index in [0.717, 1.165) is 0 Å². The number of carbonyl (C=O) groups excluding carboxylic acids is 2. The lowest BCUT2D eigenvalue weighted by Gasteiger charge is -2.31. The molecule has 1 amide bonds. The molecular weight excluding hydrogens is 337 g/mol. The summed E-state index contributed by atoms with van der Waals surface area (Å²) in [5.41, 5.74) is 0.739. The smallest absolute Gasteiger partial charge is 0.308 e. The van der Waals surface area contributed by atoms with Gasteiger partial charge in [-0.1, -0.05) is 18.2 Å². The third-order valence-electron chi connectivity index (χ3n) is 4.57. The molecule has 0 bridgehead atoms. The van der Waals surface area contributed by atoms with Crippen LogP contribution in [-0.4, -0.2) is 40.8 Å². The Balaban J connectivity index is 1.89. The number of aliphatic carboxylic acids is 1. The number of rotatable bonds is 4. The van der Waals surface area contributed by atoms with Crippen molar-refractivity contribution in [3.05, 3.63) is 71.0 Å². The molecule has 0 aliphatic carbocycles. The van der Waals surface area contributed by atoms with Crippen LogP contribution in [0.3, 0.4) is 0 Å². The number of nitrogens with zero attached hydrogens (tertiary/aromatic N) is 1. The van der Waals surface area contributed by atoms with Crippen LogP contribution in [0.25, 0.3) is 0 Å². The lowest BCUT2D eigenvalue weighted by Crippen LogP contribution is -2.42. The van der Waals surface area contributed by atoms with Gasteiger partial charge in [-0.15, -0.1) is 0 Å². The summed E-state index contributed by atoms with van der Waals surface area (Å²) in [6.45, 7) is 0.592. The van der Waals surface area contributed by atoms with Crippen molar-refractivity contribution in [1.82, 2.24) is 4.90 Å². The van der Waals surface area contributed by atoms with Gasteiger partial charge in [0.1, 0.15) is 5.82 Å². The highest BCUT2D eigenvalue weighted by Gasteiger charge is 2.30. The fourth-order valence-electron chi connectivity index (χ4n) is 3.16. The Morgan fingerprint density at radius 3 is 2.31 bits per heavy atom. The van der Waals surface area contributed by atoms with Gasteiger partial charge >= 0.3 is 5.97 Å². The maximum Gasteiger partial charge on any atom is 0.308 e. The molecular formula is C20H18FNO4. The lowest BCUT2D eigenvalue weighted by molar-refractivity contribution is -0.143. The molecule has 1 saturated heterocycles. The second-order valence-corrected chi connectivity index (χ2v) is 6.31. The number of benzene rings is 2. The van der Waals surface area contributed by atoms with Gasteiger partial charge in [-0.2, -0.15) is 0 Å². The first kappa shape index (κ1) is 17.8. The second kappa shape index (κ2) is 7.47. The highest BCUT2D eigenvalue weighted by Crippen LogP contribution is 2.22. The molecule has 2 aromatic rings. The van der Waals surface area contributed by atoms with Crippen LogP contribution in [0.4, 0.5) is 4.39 Å². The van der Waals surface area contributed by atoms with E-state index in [0.29, 0.717) is 19.4 Å². The van der Waals surface area contributed by atoms with Gasteiger partial charge in [0.2, 0.25) is 0 Å². The van der Waals surface area contributed by atoms with Crippen LogP contribution in [0.15, 0.2) is 48.5 Å². The van der Waals surface area contributed by atoms with Crippen molar-refractivity contribution in [3.63, 3.8) is 0 Å². The SMILES string of the molecule is O=C(c1ccc(F)cc1)c1ccccc1C(=O)N1CCC[C@@H](C(=O)O)C1. The number of carboxylic acids is 1. The molecule has 6 heteroatoms. The van der Waals surface area contributed by atoms with Crippen molar-refractivity contribution in [2.45, 2.75) is 12.8 Å². The van der Waals surface area contributed by atoms with Crippen molar-refractivity contribution in [1.29, 1.82) is 0 Å². The molecule has 0 saturated carbocycles. The number of piperidine rings is 1. The Morgan fingerprint density at radius 2 is 1.65 bits per heavy atom. The van der Waals surface area contributed by atoms with Crippen molar-refractivity contribution in [2.75, 3.05) is 13.1 Å². The van der Waals surface area contributed by atoms with Crippen LogP contribution in [0.5, 0.6) is 0 Å². The number of ketones is 1. The van der Waals surface area contributed by atoms with Gasteiger partial charge in [0, 0.05) is 24.2 Å². The van der Waals surface area contributed by atoms with Crippen molar-refractivity contribution >= 4 is 17.7 Å². The zero-order chi connectivity index (χ0) is 18.7. The first-order valence-electron chi connectivity index (χ1n) is 8.38. The van der Waals surface area contributed by atoms with Crippen LogP contribution < -0.4 is 0 Å². The van der Waals surface area contributed by atoms with E-state index < -0.39 is 17.7 Å². The number of hydrogen-bond donors (Lipinski definition) is 1. The van der Waals surface area contributed by atoms with E-state index in [4.69, 9.17) is 0 Å². The van der Waals surface area contributed by atoms with Gasteiger partial charge in [-0.25, -0.2) is 4.39 Å². The third-order valence-corrected chi connectivity index (χ3v) is 4.57. The molecule has 1 heterocycles. The summed E-state index contributed by atoms with van der Waals surface area (Å²) in [6.07, 6.45) is 1.14. The molecule has 2 aromatic carbocycles. The molecule has 1 aliphatic heterocycles. The van der Waals surface area contributed by atoms with Crippen LogP contribution in [0.1, 0.15) is 39.1 Å². The van der Waals surface area contributed by atoms with Crippen LogP contribution in [-0.2, 0) is 4.79 Å². The Labute approximate surface area is 150 Å². The quantitative estimate of drug-likeness (QED) is 0.856. The topological polar surface area (TPSA) is 74.7 Å². The summed E-state index contributed by atoms with van der Waals surface area (Å²) in [5.74, 6) is -2.69. The maximum atomic E-state index is 13.1. The van der Waals surface area contributed by atoms with Gasteiger partial charge in [0.25, 0.3) is 5.91 Å². The van der Waals surface area contributed by atoms with Gasteiger partial charge in [-0.3, -0.25) is 14.4 Å². The summed E-state index contributed by atoms with van der Waals surface area (Å²) in [6, 6.07) is 11.6. The van der Waals surface area contributed by atoms with E-state index in [1.165, 1.54) is 29.2 Å². The Bertz CT molecular complexity index is 847. The molecule has 1 fully saturated rings. The minimum Gasteiger partial charge on any atom is -0.481 e. The summed E-state index contributed by atoms with van der Waals surface area (Å²) >= 11 is 0. The van der Waals surface area contributed by atoms with Crippen LogP contribution in [0, 0.1) is 11.7 Å². The van der Waals surface area contributed by atoms with Crippen molar-refractivity contribution < 1.29 is 23.9 Å². The largest absolute Gasteiger partial charge is 0.481 e. The predicted molar refractivity (Wildman–Crippen MR) is 92.5 cm³/mol. The second-order valence-electron chi connectivity index (χ2n) is 6.31. The average Bonchev–Trinajstić information content (AvgIpc) is 2.67. The van der Waals surface area contributed by atoms with Gasteiger partial charge in [0.15, 0.2) is 5.78 Å². The van der Waals surface area contributed by atoms with E-state index in [1.54, 1.807) is 24.3 Å². The van der Waals surface area contributed by atoms with Gasteiger partial charge < -0.3 is 10.0 Å². The fraction of sp³-hybridized carbons (Fsp3) is 0.250. The van der Waals surface area contributed by atoms with E-state index in [-0.39, 0.29) is 34.9 Å². The lowest BCUT2D eigenvalue weighted by atomic mass is 9.95. The number of likely N-dealkylation sites (tertiary alicyclic amines) is 1. The van der Waals surface area contributed by atoms with Gasteiger partial charge in [0.05, 0.1) is 11.5 Å². The third kappa shape index (κ3) is 3.64. The molecule has 1 aliphatic rings. The molecule has 0 spiro atoms. The van der Waals surface area contributed by atoms with E-state index in [1.807, 2.05) is 0 Å². The summed E-state index contributed by atoms with van der Waals surface area (Å²) in [4.78, 5) is 38.4. The van der Waals surface area contributed by atoms with E-state index in [2.05, 4.69) is 0 Å². The molecule has 26 heavy (non-hydrogen) atoms. The number of carbonyl (C=O) groups is 3. The monoisotopic (exact) mass is 355 g/mol. The molecule has 0 aromatic heterocycles. The number of hydrogen-bond acceptors (Lipinski definition) is 3. The van der Waals surface area contributed by atoms with E-state index >= 15 is 0 Å². The maximum absolute atomic E-state index is 13.1. The number of amides is 1. The van der Waals surface area contributed by atoms with Crippen molar-refractivity contribution in [3.8, 4) is 0 Å². The normalized spacial score (nSPS) is 17.0. The first-order valence-corrected chi connectivity index (χ1v) is 8.38. The molecule has 1 atom stereocenters. The Morgan fingerprint density at radius 1 is 1.00 bits per heavy atom. The zero-order valence-corrected chi connectivity index (χ0v) is 14.0. The standard InChI is InChI=1S/C20H18FNO4/c21-15-9-7-13(8-10-15)18(23)16-5-1-2-6-17(16)19(24)22-11-3-4-14(12-22)20(25)26/h1-2,5-10,14H,3-4,11-12H2,(H,25,26)/t14-/m1/s1.